The summed E-state index contributed by atoms with van der Waals surface area (Å²) in [7, 11) is 1.81. The second kappa shape index (κ2) is 9.27. The van der Waals surface area contributed by atoms with Crippen LogP contribution in [0.5, 0.6) is 0 Å². The van der Waals surface area contributed by atoms with Crippen LogP contribution in [0.4, 0.5) is 5.13 Å². The third-order valence-corrected chi connectivity index (χ3v) is 6.48. The average molecular weight is 453 g/mol. The highest BCUT2D eigenvalue weighted by molar-refractivity contribution is 7.99. The van der Waals surface area contributed by atoms with E-state index >= 15 is 0 Å². The van der Waals surface area contributed by atoms with Crippen LogP contribution in [-0.4, -0.2) is 37.3 Å². The van der Waals surface area contributed by atoms with Gasteiger partial charge in [-0.25, -0.2) is 4.98 Å². The van der Waals surface area contributed by atoms with Crippen molar-refractivity contribution in [1.82, 2.24) is 25.1 Å². The summed E-state index contributed by atoms with van der Waals surface area (Å²) in [5, 5.41) is 15.3. The predicted octanol–water partition coefficient (Wildman–Crippen LogP) is 3.65. The Bertz CT molecular complexity index is 1190. The van der Waals surface area contributed by atoms with Gasteiger partial charge in [-0.2, -0.15) is 0 Å². The molecule has 0 saturated heterocycles. The zero-order chi connectivity index (χ0) is 21.8. The minimum atomic E-state index is -0.337. The third kappa shape index (κ3) is 4.92. The van der Waals surface area contributed by atoms with E-state index in [0.717, 1.165) is 10.2 Å². The summed E-state index contributed by atoms with van der Waals surface area (Å²) < 4.78 is 2.81. The molecule has 0 aliphatic heterocycles. The number of carbonyl (C=O) groups excluding carboxylic acids is 2. The number of nitrogens with one attached hydrogen (secondary N) is 2. The molecule has 0 aliphatic rings. The van der Waals surface area contributed by atoms with Crippen molar-refractivity contribution in [2.75, 3.05) is 11.1 Å². The fraction of sp³-hybridized carbons (Fsp3) is 0.190. The molecule has 0 spiro atoms. The Kier molecular flexibility index (Phi) is 6.28. The van der Waals surface area contributed by atoms with Crippen LogP contribution in [0.15, 0.2) is 59.8 Å². The van der Waals surface area contributed by atoms with E-state index in [1.807, 2.05) is 56.4 Å². The van der Waals surface area contributed by atoms with Crippen molar-refractivity contribution in [3.8, 4) is 0 Å². The van der Waals surface area contributed by atoms with Crippen molar-refractivity contribution >= 4 is 50.3 Å². The number of nitrogens with zero attached hydrogens (tertiary/aromatic N) is 4. The monoisotopic (exact) mass is 452 g/mol. The first-order chi connectivity index (χ1) is 15.0. The van der Waals surface area contributed by atoms with Crippen molar-refractivity contribution in [3.05, 3.63) is 66.0 Å². The first-order valence-electron chi connectivity index (χ1n) is 9.54. The van der Waals surface area contributed by atoms with Gasteiger partial charge in [-0.05, 0) is 31.2 Å². The molecule has 2 amide bonds. The summed E-state index contributed by atoms with van der Waals surface area (Å²) in [4.78, 5) is 29.1. The molecular formula is C21H20N6O2S2. The molecule has 10 heteroatoms. The van der Waals surface area contributed by atoms with Gasteiger partial charge < -0.3 is 15.2 Å². The van der Waals surface area contributed by atoms with Gasteiger partial charge in [0.25, 0.3) is 5.91 Å². The number of carbonyl (C=O) groups is 2. The Balaban J connectivity index is 1.34. The van der Waals surface area contributed by atoms with Crippen molar-refractivity contribution in [2.24, 2.45) is 7.05 Å². The van der Waals surface area contributed by atoms with Gasteiger partial charge in [-0.15, -0.1) is 10.2 Å². The van der Waals surface area contributed by atoms with Crippen LogP contribution >= 0.6 is 23.1 Å². The molecule has 0 saturated carbocycles. The van der Waals surface area contributed by atoms with Crippen molar-refractivity contribution in [3.63, 3.8) is 0 Å². The maximum absolute atomic E-state index is 12.4. The Morgan fingerprint density at radius 1 is 1.10 bits per heavy atom. The first-order valence-corrected chi connectivity index (χ1v) is 11.3. The number of fused-ring (bicyclic) bond motifs is 1. The molecule has 4 rings (SSSR count). The van der Waals surface area contributed by atoms with Gasteiger partial charge in [0.15, 0.2) is 16.1 Å². The number of thiazole rings is 1. The first kappa shape index (κ1) is 21.0. The lowest BCUT2D eigenvalue weighted by Crippen LogP contribution is -2.28. The molecule has 0 bridgehead atoms. The smallest absolute Gasteiger partial charge is 0.251 e. The Morgan fingerprint density at radius 3 is 2.61 bits per heavy atom. The third-order valence-electron chi connectivity index (χ3n) is 4.51. The number of anilines is 1. The molecule has 4 aromatic rings. The molecule has 0 unspecified atom stereocenters. The van der Waals surface area contributed by atoms with Crippen LogP contribution in [0.1, 0.15) is 29.1 Å². The van der Waals surface area contributed by atoms with Crippen LogP contribution in [0.2, 0.25) is 0 Å². The summed E-state index contributed by atoms with van der Waals surface area (Å²) in [6.07, 6.45) is 0. The van der Waals surface area contributed by atoms with E-state index in [1.54, 1.807) is 16.7 Å². The topological polar surface area (TPSA) is 102 Å². The van der Waals surface area contributed by atoms with E-state index in [4.69, 9.17) is 0 Å². The lowest BCUT2D eigenvalue weighted by atomic mass is 10.2. The number of thioether (sulfide) groups is 1. The summed E-state index contributed by atoms with van der Waals surface area (Å²) >= 11 is 2.71. The number of rotatable bonds is 7. The molecule has 2 N–H and O–H groups in total. The van der Waals surface area contributed by atoms with Crippen molar-refractivity contribution in [2.45, 2.75) is 18.1 Å². The fourth-order valence-corrected chi connectivity index (χ4v) is 4.57. The number of hydrogen-bond acceptors (Lipinski definition) is 7. The second-order valence-corrected chi connectivity index (χ2v) is 8.76. The maximum Gasteiger partial charge on any atom is 0.251 e. The molecule has 158 valence electrons. The lowest BCUT2D eigenvalue weighted by Gasteiger charge is -2.13. The van der Waals surface area contributed by atoms with Gasteiger partial charge in [0.1, 0.15) is 0 Å². The molecule has 1 atom stereocenters. The van der Waals surface area contributed by atoms with Crippen molar-refractivity contribution in [1.29, 1.82) is 0 Å². The fourth-order valence-electron chi connectivity index (χ4n) is 2.97. The molecule has 31 heavy (non-hydrogen) atoms. The quantitative estimate of drug-likeness (QED) is 0.415. The number of para-hydroxylation sites is 1. The molecule has 0 aliphatic carbocycles. The number of hydrogen-bond donors (Lipinski definition) is 2. The lowest BCUT2D eigenvalue weighted by molar-refractivity contribution is -0.113. The van der Waals surface area contributed by atoms with Crippen LogP contribution in [0.25, 0.3) is 10.2 Å². The summed E-state index contributed by atoms with van der Waals surface area (Å²) in [5.74, 6) is 0.435. The van der Waals surface area contributed by atoms with Crippen LogP contribution < -0.4 is 10.6 Å². The number of aromatic nitrogens is 4. The second-order valence-electron chi connectivity index (χ2n) is 6.78. The molecule has 2 aromatic carbocycles. The largest absolute Gasteiger partial charge is 0.342 e. The summed E-state index contributed by atoms with van der Waals surface area (Å²) in [6, 6.07) is 16.4. The average Bonchev–Trinajstić information content (AvgIpc) is 3.35. The Labute approximate surface area is 187 Å². The van der Waals surface area contributed by atoms with Crippen LogP contribution in [0.3, 0.4) is 0 Å². The van der Waals surface area contributed by atoms with Gasteiger partial charge in [0.2, 0.25) is 5.91 Å². The predicted molar refractivity (Wildman–Crippen MR) is 122 cm³/mol. The van der Waals surface area contributed by atoms with Crippen molar-refractivity contribution < 1.29 is 9.59 Å². The SMILES string of the molecule is C[C@@H](NC(=O)c1ccccc1)c1nnc(SCC(=O)Nc2nc3ccccc3s2)n1C. The Hall–Kier alpha value is -3.24. The molecular weight excluding hydrogens is 432 g/mol. The summed E-state index contributed by atoms with van der Waals surface area (Å²) in [6.45, 7) is 1.85. The summed E-state index contributed by atoms with van der Waals surface area (Å²) in [5.41, 5.74) is 1.44. The van der Waals surface area contributed by atoms with Gasteiger partial charge in [0.05, 0.1) is 22.0 Å². The minimum absolute atomic E-state index is 0.168. The highest BCUT2D eigenvalue weighted by atomic mass is 32.2. The van der Waals surface area contributed by atoms with Gasteiger partial charge >= 0.3 is 0 Å². The molecule has 2 aromatic heterocycles. The molecule has 0 radical (unpaired) electrons. The van der Waals surface area contributed by atoms with Gasteiger partial charge in [-0.3, -0.25) is 9.59 Å². The molecule has 0 fully saturated rings. The van der Waals surface area contributed by atoms with E-state index in [-0.39, 0.29) is 23.6 Å². The highest BCUT2D eigenvalue weighted by Gasteiger charge is 2.19. The minimum Gasteiger partial charge on any atom is -0.342 e. The van der Waals surface area contributed by atoms with Gasteiger partial charge in [-0.1, -0.05) is 53.4 Å². The number of benzene rings is 2. The molecule has 8 nitrogen and oxygen atoms in total. The standard InChI is InChI=1S/C21H20N6O2S2/c1-13(22-19(29)14-8-4-3-5-9-14)18-25-26-21(27(18)2)30-12-17(28)24-20-23-15-10-6-7-11-16(15)31-20/h3-11,13H,12H2,1-2H3,(H,22,29)(H,23,24,28)/t13-/m1/s1. The van der Waals surface area contributed by atoms with E-state index in [9.17, 15) is 9.59 Å². The van der Waals surface area contributed by atoms with E-state index in [2.05, 4.69) is 25.8 Å². The number of amides is 2. The van der Waals surface area contributed by atoms with E-state index < -0.39 is 0 Å². The highest BCUT2D eigenvalue weighted by Crippen LogP contribution is 2.26. The molecule has 2 heterocycles. The van der Waals surface area contributed by atoms with Gasteiger partial charge in [0, 0.05) is 12.6 Å². The zero-order valence-electron chi connectivity index (χ0n) is 16.9. The van der Waals surface area contributed by atoms with Crippen LogP contribution in [0, 0.1) is 0 Å². The van der Waals surface area contributed by atoms with Crippen LogP contribution in [-0.2, 0) is 11.8 Å². The van der Waals surface area contributed by atoms with E-state index in [1.165, 1.54) is 23.1 Å². The normalized spacial score (nSPS) is 11.9. The van der Waals surface area contributed by atoms with E-state index in [0.29, 0.717) is 21.7 Å². The zero-order valence-corrected chi connectivity index (χ0v) is 18.5. The maximum atomic E-state index is 12.4. The Morgan fingerprint density at radius 2 is 1.84 bits per heavy atom.